The van der Waals surface area contributed by atoms with Gasteiger partial charge in [0.15, 0.2) is 0 Å². The van der Waals surface area contributed by atoms with Gasteiger partial charge in [-0.3, -0.25) is 4.98 Å². The van der Waals surface area contributed by atoms with Crippen molar-refractivity contribution in [3.63, 3.8) is 0 Å². The number of hydrogen-bond acceptors (Lipinski definition) is 3. The summed E-state index contributed by atoms with van der Waals surface area (Å²) in [5.41, 5.74) is 0.570. The van der Waals surface area contributed by atoms with Crippen LogP contribution in [0.4, 0.5) is 0 Å². The maximum Gasteiger partial charge on any atom is 0.338 e. The first kappa shape index (κ1) is 13.7. The van der Waals surface area contributed by atoms with Crippen LogP contribution in [0.15, 0.2) is 24.5 Å². The van der Waals surface area contributed by atoms with Crippen LogP contribution in [0, 0.1) is 5.92 Å². The molecule has 0 fully saturated rings. The minimum atomic E-state index is -0.255. The lowest BCUT2D eigenvalue weighted by Gasteiger charge is -2.11. The average molecular weight is 235 g/mol. The van der Waals surface area contributed by atoms with Crippen molar-refractivity contribution in [1.29, 1.82) is 0 Å². The van der Waals surface area contributed by atoms with Crippen LogP contribution in [0.3, 0.4) is 0 Å². The number of nitrogens with zero attached hydrogens (tertiary/aromatic N) is 1. The standard InChI is InChI=1S/C14H21NO2/c1-3-4-5-6-12(2)11-17-14(16)13-7-9-15-10-8-13/h7-10,12H,3-6,11H2,1-2H3/t12-/m0/s1. The Morgan fingerprint density at radius 1 is 1.35 bits per heavy atom. The molecule has 0 unspecified atom stereocenters. The Hall–Kier alpha value is -1.38. The Balaban J connectivity index is 2.24. The lowest BCUT2D eigenvalue weighted by molar-refractivity contribution is 0.0442. The predicted octanol–water partition coefficient (Wildman–Crippen LogP) is 3.45. The summed E-state index contributed by atoms with van der Waals surface area (Å²) in [6, 6.07) is 3.34. The third kappa shape index (κ3) is 5.48. The van der Waals surface area contributed by atoms with Gasteiger partial charge in [-0.25, -0.2) is 4.79 Å². The first-order chi connectivity index (χ1) is 8.24. The van der Waals surface area contributed by atoms with E-state index in [1.165, 1.54) is 19.3 Å². The second-order valence-electron chi connectivity index (χ2n) is 4.44. The van der Waals surface area contributed by atoms with Gasteiger partial charge >= 0.3 is 5.97 Å². The number of unbranched alkanes of at least 4 members (excludes halogenated alkanes) is 2. The lowest BCUT2D eigenvalue weighted by Crippen LogP contribution is -2.12. The zero-order valence-electron chi connectivity index (χ0n) is 10.7. The Morgan fingerprint density at radius 2 is 2.06 bits per heavy atom. The van der Waals surface area contributed by atoms with E-state index >= 15 is 0 Å². The summed E-state index contributed by atoms with van der Waals surface area (Å²) in [4.78, 5) is 15.5. The molecule has 1 rings (SSSR count). The van der Waals surface area contributed by atoms with Crippen molar-refractivity contribution in [2.75, 3.05) is 6.61 Å². The summed E-state index contributed by atoms with van der Waals surface area (Å²) in [5.74, 6) is 0.182. The molecule has 0 amide bonds. The fraction of sp³-hybridized carbons (Fsp3) is 0.571. The lowest BCUT2D eigenvalue weighted by atomic mass is 10.0. The summed E-state index contributed by atoms with van der Waals surface area (Å²) in [7, 11) is 0. The van der Waals surface area contributed by atoms with Gasteiger partial charge in [0.05, 0.1) is 12.2 Å². The fourth-order valence-corrected chi connectivity index (χ4v) is 1.62. The monoisotopic (exact) mass is 235 g/mol. The number of carbonyl (C=O) groups is 1. The van der Waals surface area contributed by atoms with Gasteiger partial charge in [-0.1, -0.05) is 33.1 Å². The maximum atomic E-state index is 11.6. The van der Waals surface area contributed by atoms with Crippen molar-refractivity contribution in [1.82, 2.24) is 4.98 Å². The largest absolute Gasteiger partial charge is 0.462 e. The molecular weight excluding hydrogens is 214 g/mol. The van der Waals surface area contributed by atoms with Crippen LogP contribution in [-0.4, -0.2) is 17.6 Å². The molecule has 0 aromatic carbocycles. The highest BCUT2D eigenvalue weighted by atomic mass is 16.5. The van der Waals surface area contributed by atoms with E-state index in [0.717, 1.165) is 6.42 Å². The fourth-order valence-electron chi connectivity index (χ4n) is 1.62. The van der Waals surface area contributed by atoms with Gasteiger partial charge in [-0.2, -0.15) is 0 Å². The molecule has 1 heterocycles. The molecule has 3 heteroatoms. The van der Waals surface area contributed by atoms with Crippen LogP contribution in [0.2, 0.25) is 0 Å². The normalized spacial score (nSPS) is 12.1. The van der Waals surface area contributed by atoms with E-state index in [1.54, 1.807) is 24.5 Å². The third-order valence-corrected chi connectivity index (χ3v) is 2.72. The Labute approximate surface area is 103 Å². The maximum absolute atomic E-state index is 11.6. The summed E-state index contributed by atoms with van der Waals surface area (Å²) < 4.78 is 5.25. The van der Waals surface area contributed by atoms with Crippen molar-refractivity contribution in [3.05, 3.63) is 30.1 Å². The number of carbonyl (C=O) groups excluding carboxylic acids is 1. The smallest absolute Gasteiger partial charge is 0.338 e. The van der Waals surface area contributed by atoms with Gasteiger partial charge in [-0.05, 0) is 24.5 Å². The molecular formula is C14H21NO2. The van der Waals surface area contributed by atoms with Crippen molar-refractivity contribution in [2.45, 2.75) is 39.5 Å². The van der Waals surface area contributed by atoms with Gasteiger partial charge < -0.3 is 4.74 Å². The SMILES string of the molecule is CCCCC[C@H](C)COC(=O)c1ccncc1. The molecule has 1 aromatic rings. The van der Waals surface area contributed by atoms with E-state index in [0.29, 0.717) is 18.1 Å². The number of esters is 1. The van der Waals surface area contributed by atoms with Gasteiger partial charge in [0.25, 0.3) is 0 Å². The van der Waals surface area contributed by atoms with E-state index in [-0.39, 0.29) is 5.97 Å². The molecule has 0 saturated carbocycles. The van der Waals surface area contributed by atoms with E-state index in [9.17, 15) is 4.79 Å². The van der Waals surface area contributed by atoms with Crippen LogP contribution in [-0.2, 0) is 4.74 Å². The predicted molar refractivity (Wildman–Crippen MR) is 67.8 cm³/mol. The van der Waals surface area contributed by atoms with Gasteiger partial charge in [-0.15, -0.1) is 0 Å². The van der Waals surface area contributed by atoms with Crippen molar-refractivity contribution in [3.8, 4) is 0 Å². The highest BCUT2D eigenvalue weighted by Gasteiger charge is 2.09. The first-order valence-electron chi connectivity index (χ1n) is 6.31. The number of ether oxygens (including phenoxy) is 1. The molecule has 0 bridgehead atoms. The second-order valence-corrected chi connectivity index (χ2v) is 4.44. The van der Waals surface area contributed by atoms with Crippen molar-refractivity contribution < 1.29 is 9.53 Å². The average Bonchev–Trinajstić information content (AvgIpc) is 2.37. The Kier molecular flexibility index (Phi) is 6.30. The Morgan fingerprint density at radius 3 is 2.71 bits per heavy atom. The quantitative estimate of drug-likeness (QED) is 0.536. The molecule has 1 aromatic heterocycles. The molecule has 0 saturated heterocycles. The Bertz CT molecular complexity index is 324. The minimum Gasteiger partial charge on any atom is -0.462 e. The second kappa shape index (κ2) is 7.82. The molecule has 0 radical (unpaired) electrons. The van der Waals surface area contributed by atoms with Crippen LogP contribution in [0.5, 0.6) is 0 Å². The van der Waals surface area contributed by atoms with E-state index in [2.05, 4.69) is 18.8 Å². The zero-order valence-corrected chi connectivity index (χ0v) is 10.7. The van der Waals surface area contributed by atoms with Crippen LogP contribution < -0.4 is 0 Å². The van der Waals surface area contributed by atoms with Gasteiger partial charge in [0.2, 0.25) is 0 Å². The molecule has 0 spiro atoms. The van der Waals surface area contributed by atoms with Gasteiger partial charge in [0, 0.05) is 12.4 Å². The molecule has 17 heavy (non-hydrogen) atoms. The number of hydrogen-bond donors (Lipinski definition) is 0. The molecule has 0 aliphatic heterocycles. The summed E-state index contributed by atoms with van der Waals surface area (Å²) in [6.07, 6.45) is 8.01. The third-order valence-electron chi connectivity index (χ3n) is 2.72. The number of rotatable bonds is 7. The summed E-state index contributed by atoms with van der Waals surface area (Å²) in [6.45, 7) is 4.81. The topological polar surface area (TPSA) is 39.2 Å². The molecule has 0 aliphatic rings. The van der Waals surface area contributed by atoms with E-state index < -0.39 is 0 Å². The van der Waals surface area contributed by atoms with E-state index in [1.807, 2.05) is 0 Å². The highest BCUT2D eigenvalue weighted by molar-refractivity contribution is 5.89. The number of aromatic nitrogens is 1. The molecule has 94 valence electrons. The van der Waals surface area contributed by atoms with Crippen molar-refractivity contribution >= 4 is 5.97 Å². The first-order valence-corrected chi connectivity index (χ1v) is 6.31. The van der Waals surface area contributed by atoms with Gasteiger partial charge in [0.1, 0.15) is 0 Å². The van der Waals surface area contributed by atoms with Crippen LogP contribution >= 0.6 is 0 Å². The molecule has 1 atom stereocenters. The van der Waals surface area contributed by atoms with Crippen LogP contribution in [0.1, 0.15) is 49.9 Å². The summed E-state index contributed by atoms with van der Waals surface area (Å²) in [5, 5.41) is 0. The van der Waals surface area contributed by atoms with Crippen LogP contribution in [0.25, 0.3) is 0 Å². The van der Waals surface area contributed by atoms with Crippen molar-refractivity contribution in [2.24, 2.45) is 5.92 Å². The minimum absolute atomic E-state index is 0.255. The zero-order chi connectivity index (χ0) is 12.5. The highest BCUT2D eigenvalue weighted by Crippen LogP contribution is 2.10. The number of pyridine rings is 1. The molecule has 0 N–H and O–H groups in total. The molecule has 3 nitrogen and oxygen atoms in total. The summed E-state index contributed by atoms with van der Waals surface area (Å²) >= 11 is 0. The van der Waals surface area contributed by atoms with E-state index in [4.69, 9.17) is 4.74 Å². The molecule has 0 aliphatic carbocycles.